The summed E-state index contributed by atoms with van der Waals surface area (Å²) in [5.74, 6) is -0.367. The van der Waals surface area contributed by atoms with Gasteiger partial charge in [0.1, 0.15) is 5.69 Å². The molecule has 0 aliphatic rings. The van der Waals surface area contributed by atoms with Crippen molar-refractivity contribution in [3.8, 4) is 5.69 Å². The lowest BCUT2D eigenvalue weighted by Gasteiger charge is -2.12. The average molecular weight is 363 g/mol. The summed E-state index contributed by atoms with van der Waals surface area (Å²) < 4.78 is 39.5. The second kappa shape index (κ2) is 8.16. The van der Waals surface area contributed by atoms with E-state index in [1.54, 1.807) is 0 Å². The van der Waals surface area contributed by atoms with Crippen molar-refractivity contribution in [2.75, 3.05) is 6.54 Å². The molecule has 5 nitrogen and oxygen atoms in total. The number of hydrogen-bond acceptors (Lipinski definition) is 3. The highest BCUT2D eigenvalue weighted by Gasteiger charge is 2.35. The highest BCUT2D eigenvalue weighted by atomic mass is 35.5. The van der Waals surface area contributed by atoms with Crippen LogP contribution in [0.4, 0.5) is 13.2 Å². The fraction of sp³-hybridized carbons (Fsp3) is 0.333. The highest BCUT2D eigenvalue weighted by molar-refractivity contribution is 5.94. The Labute approximate surface area is 143 Å². The van der Waals surface area contributed by atoms with Crippen molar-refractivity contribution in [2.45, 2.75) is 25.6 Å². The van der Waals surface area contributed by atoms with Gasteiger partial charge in [0.05, 0.1) is 11.9 Å². The molecular formula is C15H18ClF3N4O. The van der Waals surface area contributed by atoms with Crippen LogP contribution in [0.5, 0.6) is 0 Å². The largest absolute Gasteiger partial charge is 0.433 e. The first-order chi connectivity index (χ1) is 10.8. The van der Waals surface area contributed by atoms with Crippen LogP contribution in [-0.4, -0.2) is 28.3 Å². The maximum Gasteiger partial charge on any atom is 0.433 e. The minimum absolute atomic E-state index is 0. The first kappa shape index (κ1) is 20.0. The lowest BCUT2D eigenvalue weighted by molar-refractivity contribution is -0.142. The number of benzene rings is 1. The van der Waals surface area contributed by atoms with Gasteiger partial charge in [-0.1, -0.05) is 6.07 Å². The Hall–Kier alpha value is -2.06. The number of amides is 1. The molecule has 0 saturated carbocycles. The van der Waals surface area contributed by atoms with Gasteiger partial charge in [0.2, 0.25) is 0 Å². The number of carbonyl (C=O) groups excluding carboxylic acids is 1. The first-order valence-electron chi connectivity index (χ1n) is 7.04. The number of rotatable bonds is 5. The zero-order valence-electron chi connectivity index (χ0n) is 12.9. The molecule has 1 atom stereocenters. The van der Waals surface area contributed by atoms with E-state index in [2.05, 4.69) is 10.4 Å². The number of carbonyl (C=O) groups is 1. The van der Waals surface area contributed by atoms with Crippen molar-refractivity contribution in [1.29, 1.82) is 0 Å². The van der Waals surface area contributed by atoms with Crippen LogP contribution in [0.3, 0.4) is 0 Å². The van der Waals surface area contributed by atoms with Crippen molar-refractivity contribution in [3.63, 3.8) is 0 Å². The van der Waals surface area contributed by atoms with Crippen molar-refractivity contribution < 1.29 is 18.0 Å². The average Bonchev–Trinajstić information content (AvgIpc) is 2.96. The number of hydrogen-bond donors (Lipinski definition) is 2. The predicted octanol–water partition coefficient (Wildman–Crippen LogP) is 2.78. The number of alkyl halides is 3. The Balaban J connectivity index is 0.00000288. The molecule has 2 rings (SSSR count). The lowest BCUT2D eigenvalue weighted by atomic mass is 10.1. The molecule has 0 fully saturated rings. The third kappa shape index (κ3) is 4.97. The number of halogens is 4. The Morgan fingerprint density at radius 3 is 2.71 bits per heavy atom. The number of aromatic nitrogens is 2. The van der Waals surface area contributed by atoms with Crippen LogP contribution in [0.15, 0.2) is 36.5 Å². The van der Waals surface area contributed by atoms with Gasteiger partial charge in [-0.25, -0.2) is 4.68 Å². The van der Waals surface area contributed by atoms with E-state index in [1.807, 2.05) is 6.92 Å². The standard InChI is InChI=1S/C15H17F3N4O.ClH/c1-10(19)5-7-20-14(23)11-3-2-4-12(9-11)22-13(6-8-21-22)15(16,17)18;/h2-4,6,8-10H,5,7,19H2,1H3,(H,20,23);1H. The van der Waals surface area contributed by atoms with Gasteiger partial charge >= 0.3 is 6.18 Å². The quantitative estimate of drug-likeness (QED) is 0.859. The van der Waals surface area contributed by atoms with Gasteiger partial charge in [0.15, 0.2) is 0 Å². The number of nitrogens with two attached hydrogens (primary N) is 1. The molecule has 132 valence electrons. The van der Waals surface area contributed by atoms with E-state index < -0.39 is 11.9 Å². The van der Waals surface area contributed by atoms with Crippen LogP contribution in [0, 0.1) is 0 Å². The molecular weight excluding hydrogens is 345 g/mol. The van der Waals surface area contributed by atoms with Gasteiger partial charge in [-0.15, -0.1) is 12.4 Å². The second-order valence-electron chi connectivity index (χ2n) is 5.20. The zero-order chi connectivity index (χ0) is 17.0. The van der Waals surface area contributed by atoms with E-state index >= 15 is 0 Å². The van der Waals surface area contributed by atoms with Crippen LogP contribution < -0.4 is 11.1 Å². The summed E-state index contributed by atoms with van der Waals surface area (Å²) in [7, 11) is 0. The van der Waals surface area contributed by atoms with Crippen LogP contribution in [0.1, 0.15) is 29.4 Å². The molecule has 1 aromatic heterocycles. The van der Waals surface area contributed by atoms with Gasteiger partial charge in [-0.2, -0.15) is 18.3 Å². The van der Waals surface area contributed by atoms with E-state index in [0.717, 1.165) is 16.9 Å². The van der Waals surface area contributed by atoms with E-state index in [1.165, 1.54) is 24.3 Å². The normalized spacial score (nSPS) is 12.4. The van der Waals surface area contributed by atoms with Crippen molar-refractivity contribution in [3.05, 3.63) is 47.8 Å². The summed E-state index contributed by atoms with van der Waals surface area (Å²) in [6.07, 6.45) is -2.84. The molecule has 3 N–H and O–H groups in total. The molecule has 0 spiro atoms. The van der Waals surface area contributed by atoms with E-state index in [-0.39, 0.29) is 35.6 Å². The molecule has 0 bridgehead atoms. The van der Waals surface area contributed by atoms with Gasteiger partial charge < -0.3 is 11.1 Å². The van der Waals surface area contributed by atoms with Crippen LogP contribution in [-0.2, 0) is 6.18 Å². The SMILES string of the molecule is CC(N)CCNC(=O)c1cccc(-n2nccc2C(F)(F)F)c1.Cl. The molecule has 9 heteroatoms. The third-order valence-corrected chi connectivity index (χ3v) is 3.17. The number of nitrogens with zero attached hydrogens (tertiary/aromatic N) is 2. The van der Waals surface area contributed by atoms with E-state index in [0.29, 0.717) is 13.0 Å². The summed E-state index contributed by atoms with van der Waals surface area (Å²) in [4.78, 5) is 12.0. The van der Waals surface area contributed by atoms with Crippen LogP contribution in [0.2, 0.25) is 0 Å². The monoisotopic (exact) mass is 362 g/mol. The summed E-state index contributed by atoms with van der Waals surface area (Å²) in [5, 5.41) is 6.36. The minimum Gasteiger partial charge on any atom is -0.352 e. The van der Waals surface area contributed by atoms with Gasteiger partial charge in [-0.05, 0) is 37.6 Å². The third-order valence-electron chi connectivity index (χ3n) is 3.17. The fourth-order valence-corrected chi connectivity index (χ4v) is 2.02. The molecule has 24 heavy (non-hydrogen) atoms. The highest BCUT2D eigenvalue weighted by Crippen LogP contribution is 2.30. The molecule has 0 aliphatic carbocycles. The topological polar surface area (TPSA) is 72.9 Å². The van der Waals surface area contributed by atoms with Crippen molar-refractivity contribution >= 4 is 18.3 Å². The minimum atomic E-state index is -4.52. The van der Waals surface area contributed by atoms with Gasteiger partial charge in [0.25, 0.3) is 5.91 Å². The molecule has 1 heterocycles. The van der Waals surface area contributed by atoms with E-state index in [4.69, 9.17) is 5.73 Å². The Bertz CT molecular complexity index is 685. The molecule has 1 aromatic carbocycles. The first-order valence-corrected chi connectivity index (χ1v) is 7.04. The molecule has 1 amide bonds. The van der Waals surface area contributed by atoms with Crippen LogP contribution in [0.25, 0.3) is 5.69 Å². The molecule has 1 unspecified atom stereocenters. The second-order valence-corrected chi connectivity index (χ2v) is 5.20. The summed E-state index contributed by atoms with van der Waals surface area (Å²) in [6.45, 7) is 2.22. The van der Waals surface area contributed by atoms with E-state index in [9.17, 15) is 18.0 Å². The Morgan fingerprint density at radius 2 is 2.08 bits per heavy atom. The molecule has 2 aromatic rings. The number of nitrogens with one attached hydrogen (secondary N) is 1. The molecule has 0 aliphatic heterocycles. The smallest absolute Gasteiger partial charge is 0.352 e. The predicted molar refractivity (Wildman–Crippen MR) is 86.4 cm³/mol. The summed E-state index contributed by atoms with van der Waals surface area (Å²) in [6, 6.07) is 6.71. The van der Waals surface area contributed by atoms with Gasteiger partial charge in [0, 0.05) is 18.2 Å². The zero-order valence-corrected chi connectivity index (χ0v) is 13.7. The summed E-state index contributed by atoms with van der Waals surface area (Å²) in [5.41, 5.74) is 5.13. The van der Waals surface area contributed by atoms with Gasteiger partial charge in [-0.3, -0.25) is 4.79 Å². The fourth-order valence-electron chi connectivity index (χ4n) is 2.02. The molecule has 0 radical (unpaired) electrons. The van der Waals surface area contributed by atoms with Crippen molar-refractivity contribution in [1.82, 2.24) is 15.1 Å². The Morgan fingerprint density at radius 1 is 1.38 bits per heavy atom. The van der Waals surface area contributed by atoms with Crippen LogP contribution >= 0.6 is 12.4 Å². The van der Waals surface area contributed by atoms with Crippen molar-refractivity contribution in [2.24, 2.45) is 5.73 Å². The lowest BCUT2D eigenvalue weighted by Crippen LogP contribution is -2.29. The Kier molecular flexibility index (Phi) is 6.80. The maximum absolute atomic E-state index is 12.9. The molecule has 0 saturated heterocycles. The summed E-state index contributed by atoms with van der Waals surface area (Å²) >= 11 is 0. The maximum atomic E-state index is 12.9.